The summed E-state index contributed by atoms with van der Waals surface area (Å²) in [6.07, 6.45) is 4.34. The first-order valence-electron chi connectivity index (χ1n) is 15.4. The predicted octanol–water partition coefficient (Wildman–Crippen LogP) is 5.37. The molecule has 0 aliphatic carbocycles. The van der Waals surface area contributed by atoms with E-state index < -0.39 is 44.0 Å². The minimum absolute atomic E-state index is 0.0598. The second-order valence-electron chi connectivity index (χ2n) is 13.6. The summed E-state index contributed by atoms with van der Waals surface area (Å²) in [7, 11) is -2.99. The van der Waals surface area contributed by atoms with E-state index in [0.717, 1.165) is 10.4 Å². The Morgan fingerprint density at radius 3 is 2.27 bits per heavy atom. The summed E-state index contributed by atoms with van der Waals surface area (Å²) in [6.45, 7) is 11.9. The number of terminal acetylenes is 1. The third-order valence-corrected chi connectivity index (χ3v) is 13.7. The number of carbonyl (C=O) groups excluding carboxylic acids is 1. The molecule has 1 N–H and O–H groups in total. The third kappa shape index (κ3) is 5.92. The summed E-state index contributed by atoms with van der Waals surface area (Å²) >= 11 is 11.7. The van der Waals surface area contributed by atoms with Crippen molar-refractivity contribution >= 4 is 70.8 Å². The Hall–Kier alpha value is -4.06. The van der Waals surface area contributed by atoms with Gasteiger partial charge in [0, 0.05) is 12.2 Å². The number of amides is 1. The van der Waals surface area contributed by atoms with Crippen LogP contribution in [0.25, 0.3) is 11.2 Å². The molecule has 14 heteroatoms. The Labute approximate surface area is 290 Å². The van der Waals surface area contributed by atoms with E-state index in [1.165, 1.54) is 6.33 Å². The van der Waals surface area contributed by atoms with Gasteiger partial charge in [-0.15, -0.1) is 6.42 Å². The van der Waals surface area contributed by atoms with Crippen LogP contribution in [0, 0.1) is 12.3 Å². The highest BCUT2D eigenvalue weighted by atomic mass is 35.5. The van der Waals surface area contributed by atoms with Gasteiger partial charge in [-0.05, 0) is 47.8 Å². The summed E-state index contributed by atoms with van der Waals surface area (Å²) in [6, 6.07) is 20.5. The lowest BCUT2D eigenvalue weighted by Crippen LogP contribution is -2.67. The standard InChI is InChI=1S/C34H36ClN5O6SSi/c1-8-34-23(19-42-48(33(5,6)7,21-15-11-9-12-16-21)22-17-13-10-14-18-22)43-28(25(34)44-31(47)46-34)40-20-36-24-26(37-29(35)39-27(24)40)38-30(41)45-32(2,3)4/h1,9-18,20,23,25,28H,19H2,2-7H3,(H,37,38,39,41)/t23-,25+,28-,34-/m1/s1. The monoisotopic (exact) mass is 705 g/mol. The summed E-state index contributed by atoms with van der Waals surface area (Å²) in [4.78, 5) is 25.7. The van der Waals surface area contributed by atoms with Crippen LogP contribution in [-0.2, 0) is 23.4 Å². The molecule has 0 saturated carbocycles. The lowest BCUT2D eigenvalue weighted by molar-refractivity contribution is -0.0644. The summed E-state index contributed by atoms with van der Waals surface area (Å²) < 4.78 is 33.0. The van der Waals surface area contributed by atoms with E-state index in [1.807, 2.05) is 36.4 Å². The fraction of sp³-hybridized carbons (Fsp3) is 0.382. The van der Waals surface area contributed by atoms with Gasteiger partial charge < -0.3 is 23.4 Å². The molecule has 48 heavy (non-hydrogen) atoms. The van der Waals surface area contributed by atoms with Gasteiger partial charge in [0.25, 0.3) is 8.32 Å². The molecule has 11 nitrogen and oxygen atoms in total. The Morgan fingerprint density at radius 1 is 1.08 bits per heavy atom. The van der Waals surface area contributed by atoms with Crippen LogP contribution in [0.5, 0.6) is 0 Å². The molecule has 4 aromatic rings. The molecule has 250 valence electrons. The minimum Gasteiger partial charge on any atom is -0.444 e. The number of imidazole rings is 1. The highest BCUT2D eigenvalue weighted by Gasteiger charge is 2.66. The number of carbonyl (C=O) groups is 1. The van der Waals surface area contributed by atoms with Crippen molar-refractivity contribution in [1.82, 2.24) is 19.5 Å². The maximum absolute atomic E-state index is 12.6. The number of hydrogen-bond donors (Lipinski definition) is 1. The van der Waals surface area contributed by atoms with Crippen LogP contribution in [0.15, 0.2) is 67.0 Å². The molecule has 2 aliphatic heterocycles. The van der Waals surface area contributed by atoms with Crippen LogP contribution in [-0.4, -0.2) is 69.2 Å². The average Bonchev–Trinajstić information content (AvgIpc) is 3.67. The molecule has 0 spiro atoms. The molecule has 0 bridgehead atoms. The summed E-state index contributed by atoms with van der Waals surface area (Å²) in [5.41, 5.74) is -1.67. The molecule has 4 heterocycles. The van der Waals surface area contributed by atoms with Gasteiger partial charge in [0.1, 0.15) is 11.7 Å². The first-order valence-corrected chi connectivity index (χ1v) is 18.1. The Bertz CT molecular complexity index is 1850. The molecular weight excluding hydrogens is 670 g/mol. The van der Waals surface area contributed by atoms with Crippen molar-refractivity contribution < 1.29 is 28.2 Å². The van der Waals surface area contributed by atoms with E-state index in [9.17, 15) is 4.79 Å². The van der Waals surface area contributed by atoms with Crippen LogP contribution in [0.3, 0.4) is 0 Å². The van der Waals surface area contributed by atoms with Gasteiger partial charge in [-0.3, -0.25) is 9.88 Å². The van der Waals surface area contributed by atoms with E-state index in [1.54, 1.807) is 25.3 Å². The Kier molecular flexibility index (Phi) is 8.76. The quantitative estimate of drug-likeness (QED) is 0.116. The number of fused-ring (bicyclic) bond motifs is 2. The molecule has 6 rings (SSSR count). The van der Waals surface area contributed by atoms with Crippen molar-refractivity contribution in [2.24, 2.45) is 0 Å². The molecule has 2 aliphatic rings. The number of nitrogens with one attached hydrogen (secondary N) is 1. The minimum atomic E-state index is -2.99. The molecule has 4 atom stereocenters. The smallest absolute Gasteiger partial charge is 0.413 e. The van der Waals surface area contributed by atoms with Gasteiger partial charge in [-0.1, -0.05) is 87.4 Å². The van der Waals surface area contributed by atoms with E-state index in [-0.39, 0.29) is 39.1 Å². The van der Waals surface area contributed by atoms with Crippen molar-refractivity contribution in [3.8, 4) is 12.3 Å². The zero-order chi connectivity index (χ0) is 34.5. The number of anilines is 1. The first kappa shape index (κ1) is 33.8. The van der Waals surface area contributed by atoms with Crippen molar-refractivity contribution in [3.63, 3.8) is 0 Å². The molecule has 2 saturated heterocycles. The zero-order valence-corrected chi connectivity index (χ0v) is 30.0. The molecule has 1 amide bonds. The van der Waals surface area contributed by atoms with E-state index in [4.69, 9.17) is 53.6 Å². The number of nitrogens with zero attached hydrogens (tertiary/aromatic N) is 4. The number of halogens is 1. The number of ether oxygens (including phenoxy) is 4. The van der Waals surface area contributed by atoms with Gasteiger partial charge in [-0.2, -0.15) is 9.97 Å². The molecule has 2 fully saturated rings. The van der Waals surface area contributed by atoms with Crippen LogP contribution in [0.2, 0.25) is 10.3 Å². The molecular formula is C34H36ClN5O6SSi. The third-order valence-electron chi connectivity index (χ3n) is 8.32. The second-order valence-corrected chi connectivity index (χ2v) is 18.6. The first-order chi connectivity index (χ1) is 22.7. The van der Waals surface area contributed by atoms with Crippen molar-refractivity contribution in [2.45, 2.75) is 76.2 Å². The SMILES string of the molecule is C#C[C@]12OC(=S)O[C@H]1[C@H](n1cnc3c(NC(=O)OC(C)(C)C)nc(Cl)nc31)O[C@@H]2CO[Si](c1ccccc1)(c1ccccc1)C(C)(C)C. The number of hydrogen-bond acceptors (Lipinski definition) is 10. The second kappa shape index (κ2) is 12.4. The topological polar surface area (TPSA) is 119 Å². The molecule has 0 radical (unpaired) electrons. The van der Waals surface area contributed by atoms with Gasteiger partial charge in [0.05, 0.1) is 12.9 Å². The molecule has 2 aromatic carbocycles. The van der Waals surface area contributed by atoms with Crippen LogP contribution in [0.4, 0.5) is 10.6 Å². The summed E-state index contributed by atoms with van der Waals surface area (Å²) in [5.74, 6) is 2.85. The maximum atomic E-state index is 12.6. The van der Waals surface area contributed by atoms with Gasteiger partial charge in [0.15, 0.2) is 23.2 Å². The van der Waals surface area contributed by atoms with E-state index >= 15 is 0 Å². The maximum Gasteiger partial charge on any atom is 0.413 e. The Morgan fingerprint density at radius 2 is 1.71 bits per heavy atom. The average molecular weight is 706 g/mol. The van der Waals surface area contributed by atoms with Crippen molar-refractivity contribution in [3.05, 3.63) is 72.3 Å². The fourth-order valence-electron chi connectivity index (χ4n) is 6.38. The largest absolute Gasteiger partial charge is 0.444 e. The number of aromatic nitrogens is 4. The van der Waals surface area contributed by atoms with Crippen molar-refractivity contribution in [1.29, 1.82) is 0 Å². The van der Waals surface area contributed by atoms with Gasteiger partial charge in [0.2, 0.25) is 17.0 Å². The normalized spacial score (nSPS) is 22.5. The van der Waals surface area contributed by atoms with E-state index in [2.05, 4.69) is 71.2 Å². The predicted molar refractivity (Wildman–Crippen MR) is 188 cm³/mol. The highest BCUT2D eigenvalue weighted by Crippen LogP contribution is 2.48. The van der Waals surface area contributed by atoms with Crippen LogP contribution in [0.1, 0.15) is 47.8 Å². The summed E-state index contributed by atoms with van der Waals surface area (Å²) in [5, 5.41) is 4.26. The Balaban J connectivity index is 1.39. The van der Waals surface area contributed by atoms with Crippen molar-refractivity contribution in [2.75, 3.05) is 11.9 Å². The number of benzene rings is 2. The van der Waals surface area contributed by atoms with Crippen LogP contribution < -0.4 is 15.7 Å². The van der Waals surface area contributed by atoms with Gasteiger partial charge in [-0.25, -0.2) is 9.78 Å². The zero-order valence-electron chi connectivity index (χ0n) is 27.4. The molecule has 0 unspecified atom stereocenters. The number of thiocarbonyl (C=S) groups is 1. The van der Waals surface area contributed by atoms with E-state index in [0.29, 0.717) is 0 Å². The number of rotatable bonds is 7. The lowest BCUT2D eigenvalue weighted by atomic mass is 9.93. The van der Waals surface area contributed by atoms with Gasteiger partial charge >= 0.3 is 11.3 Å². The molecule has 2 aromatic heterocycles. The highest BCUT2D eigenvalue weighted by molar-refractivity contribution is 7.79. The fourth-order valence-corrected chi connectivity index (χ4v) is 11.3. The lowest BCUT2D eigenvalue weighted by Gasteiger charge is -2.44. The van der Waals surface area contributed by atoms with Crippen LogP contribution >= 0.6 is 23.8 Å².